The average molecular weight is 373 g/mol. The summed E-state index contributed by atoms with van der Waals surface area (Å²) in [6, 6.07) is 18.7. The van der Waals surface area contributed by atoms with Gasteiger partial charge in [-0.25, -0.2) is 4.40 Å². The number of fused-ring (bicyclic) bond motifs is 2. The maximum absolute atomic E-state index is 11.0. The Labute approximate surface area is 159 Å². The lowest BCUT2D eigenvalue weighted by Gasteiger charge is -1.99. The minimum Gasteiger partial charge on any atom is -0.264 e. The third kappa shape index (κ3) is 3.39. The molecule has 0 aliphatic carbocycles. The van der Waals surface area contributed by atoms with Crippen LogP contribution in [0.3, 0.4) is 0 Å². The van der Waals surface area contributed by atoms with E-state index in [4.69, 9.17) is 4.40 Å². The molecule has 132 valence electrons. The van der Waals surface area contributed by atoms with Crippen LogP contribution >= 0.6 is 11.9 Å². The molecular weight excluding hydrogens is 358 g/mol. The van der Waals surface area contributed by atoms with Gasteiger partial charge in [0.1, 0.15) is 0 Å². The number of hydrogen-bond acceptors (Lipinski definition) is 5. The zero-order valence-electron chi connectivity index (χ0n) is 14.5. The molecule has 0 bridgehead atoms. The number of hydrogen-bond donors (Lipinski definition) is 0. The van der Waals surface area contributed by atoms with Crippen LogP contribution < -0.4 is 5.36 Å². The highest BCUT2D eigenvalue weighted by atomic mass is 32.2. The van der Waals surface area contributed by atoms with Crippen molar-refractivity contribution in [2.45, 2.75) is 11.8 Å². The first-order chi connectivity index (χ1) is 13.1. The van der Waals surface area contributed by atoms with Gasteiger partial charge in [-0.15, -0.1) is 0 Å². The molecule has 1 heterocycles. The molecule has 1 aromatic heterocycles. The van der Waals surface area contributed by atoms with Gasteiger partial charge in [-0.3, -0.25) is 15.1 Å². The van der Waals surface area contributed by atoms with Crippen LogP contribution in [0, 0.1) is 17.0 Å². The van der Waals surface area contributed by atoms with E-state index < -0.39 is 4.92 Å². The van der Waals surface area contributed by atoms with E-state index in [0.717, 1.165) is 32.5 Å². The largest absolute Gasteiger partial charge is 0.270 e. The highest BCUT2D eigenvalue weighted by Gasteiger charge is 2.07. The molecule has 0 atom stereocenters. The Bertz CT molecular complexity index is 1260. The van der Waals surface area contributed by atoms with Crippen molar-refractivity contribution in [2.24, 2.45) is 4.40 Å². The van der Waals surface area contributed by atoms with Gasteiger partial charge in [-0.05, 0) is 35.4 Å². The molecule has 3 aromatic carbocycles. The second-order valence-corrected chi connectivity index (χ2v) is 6.96. The summed E-state index contributed by atoms with van der Waals surface area (Å²) in [6.07, 6.45) is 3.58. The van der Waals surface area contributed by atoms with Crippen molar-refractivity contribution in [3.05, 3.63) is 94.1 Å². The molecular formula is C21H15N3O2S. The van der Waals surface area contributed by atoms with Crippen molar-refractivity contribution >= 4 is 39.2 Å². The highest BCUT2D eigenvalue weighted by molar-refractivity contribution is 7.98. The molecule has 0 unspecified atom stereocenters. The zero-order valence-corrected chi connectivity index (χ0v) is 15.3. The zero-order chi connectivity index (χ0) is 18.8. The molecule has 0 spiro atoms. The SMILES string of the molecule is Cc1cc2ccncc2/c(=N\Sc2cccc([N+](=O)[O-])c2)c2ccccc12. The minimum absolute atomic E-state index is 0.0565. The number of aryl methyl sites for hydroxylation is 1. The number of non-ortho nitro benzene ring substituents is 1. The number of nitro benzene ring substituents is 1. The molecule has 0 fully saturated rings. The standard InChI is InChI=1S/C21H15N3O2S/c1-14-11-15-9-10-22-13-20(15)21(19-8-3-2-7-18(14)19)23-27-17-6-4-5-16(12-17)24(25)26/h2-13H,1H3/b23-21-. The van der Waals surface area contributed by atoms with Crippen molar-refractivity contribution < 1.29 is 4.92 Å². The molecule has 0 aliphatic rings. The van der Waals surface area contributed by atoms with Crippen LogP contribution in [0.5, 0.6) is 0 Å². The second-order valence-electron chi connectivity index (χ2n) is 6.12. The number of nitrogens with zero attached hydrogens (tertiary/aromatic N) is 3. The Hall–Kier alpha value is -3.25. The number of rotatable bonds is 3. The Kier molecular flexibility index (Phi) is 4.56. The Morgan fingerprint density at radius 1 is 1.00 bits per heavy atom. The van der Waals surface area contributed by atoms with E-state index >= 15 is 0 Å². The lowest BCUT2D eigenvalue weighted by molar-refractivity contribution is -0.385. The number of pyridine rings is 1. The second kappa shape index (κ2) is 7.17. The Balaban J connectivity index is 1.99. The van der Waals surface area contributed by atoms with Crippen molar-refractivity contribution in [1.29, 1.82) is 0 Å². The first-order valence-corrected chi connectivity index (χ1v) is 9.13. The van der Waals surface area contributed by atoms with E-state index in [1.165, 1.54) is 24.1 Å². The fourth-order valence-corrected chi connectivity index (χ4v) is 3.78. The first kappa shape index (κ1) is 17.2. The third-order valence-electron chi connectivity index (χ3n) is 4.36. The lowest BCUT2D eigenvalue weighted by atomic mass is 10.1. The topological polar surface area (TPSA) is 68.4 Å². The predicted molar refractivity (Wildman–Crippen MR) is 109 cm³/mol. The van der Waals surface area contributed by atoms with Crippen LogP contribution in [0.2, 0.25) is 0 Å². The summed E-state index contributed by atoms with van der Waals surface area (Å²) in [7, 11) is 0. The average Bonchev–Trinajstić information content (AvgIpc) is 2.81. The van der Waals surface area contributed by atoms with Crippen LogP contribution in [0.4, 0.5) is 5.69 Å². The molecule has 4 rings (SSSR count). The Morgan fingerprint density at radius 2 is 1.81 bits per heavy atom. The van der Waals surface area contributed by atoms with E-state index in [2.05, 4.69) is 24.0 Å². The molecule has 27 heavy (non-hydrogen) atoms. The van der Waals surface area contributed by atoms with E-state index in [-0.39, 0.29) is 5.69 Å². The predicted octanol–water partition coefficient (Wildman–Crippen LogP) is 5.21. The summed E-state index contributed by atoms with van der Waals surface area (Å²) in [5, 5.41) is 16.0. The molecule has 5 nitrogen and oxygen atoms in total. The third-order valence-corrected chi connectivity index (χ3v) is 5.10. The van der Waals surface area contributed by atoms with Crippen LogP contribution in [0.25, 0.3) is 21.5 Å². The quantitative estimate of drug-likeness (QED) is 0.281. The summed E-state index contributed by atoms with van der Waals surface area (Å²) in [6.45, 7) is 2.08. The van der Waals surface area contributed by atoms with Crippen LogP contribution in [-0.4, -0.2) is 9.91 Å². The molecule has 0 radical (unpaired) electrons. The van der Waals surface area contributed by atoms with Gasteiger partial charge in [0.2, 0.25) is 0 Å². The van der Waals surface area contributed by atoms with Gasteiger partial charge in [-0.2, -0.15) is 0 Å². The van der Waals surface area contributed by atoms with Crippen molar-refractivity contribution in [2.75, 3.05) is 0 Å². The summed E-state index contributed by atoms with van der Waals surface area (Å²) < 4.78 is 4.77. The fraction of sp³-hybridized carbons (Fsp3) is 0.0476. The molecule has 0 amide bonds. The van der Waals surface area contributed by atoms with E-state index in [9.17, 15) is 10.1 Å². The van der Waals surface area contributed by atoms with E-state index in [1.807, 2.05) is 36.5 Å². The normalized spacial score (nSPS) is 11.8. The molecule has 0 saturated carbocycles. The minimum atomic E-state index is -0.398. The van der Waals surface area contributed by atoms with Crippen molar-refractivity contribution in [1.82, 2.24) is 4.98 Å². The van der Waals surface area contributed by atoms with Gasteiger partial charge in [0.15, 0.2) is 0 Å². The summed E-state index contributed by atoms with van der Waals surface area (Å²) in [5.74, 6) is 0. The summed E-state index contributed by atoms with van der Waals surface area (Å²) in [4.78, 5) is 15.6. The molecule has 0 aliphatic heterocycles. The maximum atomic E-state index is 11.0. The molecule has 0 N–H and O–H groups in total. The number of benzene rings is 2. The van der Waals surface area contributed by atoms with Gasteiger partial charge in [0, 0.05) is 52.1 Å². The number of nitro groups is 1. The summed E-state index contributed by atoms with van der Waals surface area (Å²) in [5.41, 5.74) is 1.21. The monoisotopic (exact) mass is 373 g/mol. The maximum Gasteiger partial charge on any atom is 0.270 e. The van der Waals surface area contributed by atoms with Gasteiger partial charge in [-0.1, -0.05) is 36.4 Å². The van der Waals surface area contributed by atoms with Gasteiger partial charge < -0.3 is 0 Å². The highest BCUT2D eigenvalue weighted by Crippen LogP contribution is 2.25. The molecule has 0 saturated heterocycles. The van der Waals surface area contributed by atoms with Crippen LogP contribution in [-0.2, 0) is 0 Å². The van der Waals surface area contributed by atoms with Crippen LogP contribution in [0.15, 0.2) is 82.4 Å². The van der Waals surface area contributed by atoms with Crippen molar-refractivity contribution in [3.63, 3.8) is 0 Å². The van der Waals surface area contributed by atoms with E-state index in [1.54, 1.807) is 12.3 Å². The number of aromatic nitrogens is 1. The van der Waals surface area contributed by atoms with E-state index in [0.29, 0.717) is 4.90 Å². The summed E-state index contributed by atoms with van der Waals surface area (Å²) >= 11 is 1.23. The fourth-order valence-electron chi connectivity index (χ4n) is 3.07. The van der Waals surface area contributed by atoms with Gasteiger partial charge in [0.25, 0.3) is 5.69 Å². The lowest BCUT2D eigenvalue weighted by Crippen LogP contribution is -2.01. The molecule has 4 aromatic rings. The van der Waals surface area contributed by atoms with Crippen LogP contribution in [0.1, 0.15) is 5.56 Å². The van der Waals surface area contributed by atoms with Gasteiger partial charge in [0.05, 0.1) is 10.3 Å². The molecule has 6 heteroatoms. The van der Waals surface area contributed by atoms with Gasteiger partial charge >= 0.3 is 0 Å². The smallest absolute Gasteiger partial charge is 0.264 e. The Morgan fingerprint density at radius 3 is 2.63 bits per heavy atom. The first-order valence-electron chi connectivity index (χ1n) is 8.35. The van der Waals surface area contributed by atoms with Crippen molar-refractivity contribution in [3.8, 4) is 0 Å².